The third-order valence-electron chi connectivity index (χ3n) is 3.51. The Balaban J connectivity index is 1.73. The van der Waals surface area contributed by atoms with Crippen molar-refractivity contribution < 1.29 is 8.42 Å². The van der Waals surface area contributed by atoms with Gasteiger partial charge < -0.3 is 0 Å². The van der Waals surface area contributed by atoms with E-state index in [1.54, 1.807) is 6.20 Å². The molecule has 3 rings (SSSR count). The zero-order valence-electron chi connectivity index (χ0n) is 11.1. The smallest absolute Gasteiger partial charge is 0.256 e. The third kappa shape index (κ3) is 2.82. The highest BCUT2D eigenvalue weighted by molar-refractivity contribution is 7.87. The quantitative estimate of drug-likeness (QED) is 0.932. The SMILES string of the molecule is O=S(=O)(NCc1cnc2ccccc2c1)N1CCCC1. The molecule has 0 amide bonds. The molecule has 106 valence electrons. The lowest BCUT2D eigenvalue weighted by molar-refractivity contribution is 0.464. The zero-order valence-corrected chi connectivity index (χ0v) is 11.9. The summed E-state index contributed by atoms with van der Waals surface area (Å²) in [6.07, 6.45) is 3.60. The van der Waals surface area contributed by atoms with Crippen LogP contribution < -0.4 is 4.72 Å². The van der Waals surface area contributed by atoms with Gasteiger partial charge in [0.25, 0.3) is 10.2 Å². The Morgan fingerprint density at radius 1 is 1.20 bits per heavy atom. The van der Waals surface area contributed by atoms with Crippen LogP contribution in [0.5, 0.6) is 0 Å². The number of rotatable bonds is 4. The summed E-state index contributed by atoms with van der Waals surface area (Å²) >= 11 is 0. The van der Waals surface area contributed by atoms with E-state index in [1.165, 1.54) is 4.31 Å². The summed E-state index contributed by atoms with van der Waals surface area (Å²) in [6.45, 7) is 1.51. The standard InChI is InChI=1S/C14H17N3O2S/c18-20(19,17-7-3-4-8-17)16-11-12-9-13-5-1-2-6-14(13)15-10-12/h1-2,5-6,9-10,16H,3-4,7-8,11H2. The largest absolute Gasteiger partial charge is 0.279 e. The monoisotopic (exact) mass is 291 g/mol. The Hall–Kier alpha value is -1.50. The predicted octanol–water partition coefficient (Wildman–Crippen LogP) is 1.66. The molecule has 0 saturated carbocycles. The maximum atomic E-state index is 12.1. The van der Waals surface area contributed by atoms with Crippen molar-refractivity contribution in [2.75, 3.05) is 13.1 Å². The zero-order chi connectivity index (χ0) is 14.0. The van der Waals surface area contributed by atoms with Crippen molar-refractivity contribution >= 4 is 21.1 Å². The Morgan fingerprint density at radius 3 is 2.75 bits per heavy atom. The van der Waals surface area contributed by atoms with Gasteiger partial charge >= 0.3 is 0 Å². The van der Waals surface area contributed by atoms with Crippen LogP contribution in [-0.4, -0.2) is 30.8 Å². The molecule has 1 aromatic carbocycles. The number of hydrogen-bond acceptors (Lipinski definition) is 3. The number of benzene rings is 1. The van der Waals surface area contributed by atoms with E-state index in [2.05, 4.69) is 9.71 Å². The van der Waals surface area contributed by atoms with E-state index in [1.807, 2.05) is 30.3 Å². The number of fused-ring (bicyclic) bond motifs is 1. The molecule has 0 aliphatic carbocycles. The molecule has 0 unspecified atom stereocenters. The summed E-state index contributed by atoms with van der Waals surface area (Å²) in [6, 6.07) is 9.76. The topological polar surface area (TPSA) is 62.3 Å². The van der Waals surface area contributed by atoms with Crippen LogP contribution in [0.15, 0.2) is 36.5 Å². The van der Waals surface area contributed by atoms with Crippen molar-refractivity contribution in [3.8, 4) is 0 Å². The molecular formula is C14H17N3O2S. The molecule has 5 nitrogen and oxygen atoms in total. The molecule has 1 aromatic heterocycles. The summed E-state index contributed by atoms with van der Waals surface area (Å²) in [4.78, 5) is 4.33. The average Bonchev–Trinajstić information content (AvgIpc) is 3.00. The highest BCUT2D eigenvalue weighted by Crippen LogP contribution is 2.14. The fourth-order valence-electron chi connectivity index (χ4n) is 2.41. The minimum Gasteiger partial charge on any atom is -0.256 e. The van der Waals surface area contributed by atoms with Gasteiger partial charge in [-0.1, -0.05) is 18.2 Å². The van der Waals surface area contributed by atoms with Gasteiger partial charge in [-0.15, -0.1) is 0 Å². The number of nitrogens with one attached hydrogen (secondary N) is 1. The van der Waals surface area contributed by atoms with Crippen molar-refractivity contribution in [3.63, 3.8) is 0 Å². The summed E-state index contributed by atoms with van der Waals surface area (Å²) in [5.74, 6) is 0. The van der Waals surface area contributed by atoms with E-state index >= 15 is 0 Å². The minimum absolute atomic E-state index is 0.274. The second-order valence-electron chi connectivity index (χ2n) is 4.97. The predicted molar refractivity (Wildman–Crippen MR) is 78.3 cm³/mol. The molecule has 0 atom stereocenters. The Bertz CT molecular complexity index is 709. The summed E-state index contributed by atoms with van der Waals surface area (Å²) in [5.41, 5.74) is 1.78. The third-order valence-corrected chi connectivity index (χ3v) is 5.06. The van der Waals surface area contributed by atoms with Crippen molar-refractivity contribution in [3.05, 3.63) is 42.1 Å². The maximum Gasteiger partial charge on any atom is 0.279 e. The molecule has 0 spiro atoms. The molecule has 20 heavy (non-hydrogen) atoms. The summed E-state index contributed by atoms with van der Waals surface area (Å²) < 4.78 is 28.3. The minimum atomic E-state index is -3.36. The van der Waals surface area contributed by atoms with Gasteiger partial charge in [0.2, 0.25) is 0 Å². The highest BCUT2D eigenvalue weighted by atomic mass is 32.2. The lowest BCUT2D eigenvalue weighted by Gasteiger charge is -2.16. The highest BCUT2D eigenvalue weighted by Gasteiger charge is 2.24. The summed E-state index contributed by atoms with van der Waals surface area (Å²) in [7, 11) is -3.36. The molecule has 1 aliphatic heterocycles. The van der Waals surface area contributed by atoms with Crippen molar-refractivity contribution in [2.24, 2.45) is 0 Å². The van der Waals surface area contributed by atoms with Gasteiger partial charge in [0, 0.05) is 31.2 Å². The second-order valence-corrected chi connectivity index (χ2v) is 6.72. The molecule has 0 radical (unpaired) electrons. The lowest BCUT2D eigenvalue weighted by Crippen LogP contribution is -2.38. The first kappa shape index (κ1) is 13.5. The van der Waals surface area contributed by atoms with Crippen molar-refractivity contribution in [1.82, 2.24) is 14.0 Å². The van der Waals surface area contributed by atoms with Gasteiger partial charge in [-0.3, -0.25) is 4.98 Å². The number of nitrogens with zero attached hydrogens (tertiary/aromatic N) is 2. The number of pyridine rings is 1. The van der Waals surface area contributed by atoms with Crippen LogP contribution in [0.3, 0.4) is 0 Å². The molecule has 1 saturated heterocycles. The maximum absolute atomic E-state index is 12.1. The fraction of sp³-hybridized carbons (Fsp3) is 0.357. The van der Waals surface area contributed by atoms with Crippen LogP contribution in [-0.2, 0) is 16.8 Å². The van der Waals surface area contributed by atoms with Gasteiger partial charge in [-0.05, 0) is 30.5 Å². The Kier molecular flexibility index (Phi) is 3.69. The average molecular weight is 291 g/mol. The van der Waals surface area contributed by atoms with Crippen LogP contribution in [0.4, 0.5) is 0 Å². The van der Waals surface area contributed by atoms with E-state index in [9.17, 15) is 8.42 Å². The molecule has 0 bridgehead atoms. The molecular weight excluding hydrogens is 274 g/mol. The van der Waals surface area contributed by atoms with Crippen LogP contribution >= 0.6 is 0 Å². The van der Waals surface area contributed by atoms with E-state index in [4.69, 9.17) is 0 Å². The van der Waals surface area contributed by atoms with Gasteiger partial charge in [-0.2, -0.15) is 17.4 Å². The van der Waals surface area contributed by atoms with Crippen molar-refractivity contribution in [1.29, 1.82) is 0 Å². The number of para-hydroxylation sites is 1. The van der Waals surface area contributed by atoms with E-state index in [0.29, 0.717) is 13.1 Å². The Morgan fingerprint density at radius 2 is 1.95 bits per heavy atom. The van der Waals surface area contributed by atoms with Crippen LogP contribution in [0.1, 0.15) is 18.4 Å². The molecule has 1 fully saturated rings. The molecule has 6 heteroatoms. The molecule has 2 aromatic rings. The first-order chi connectivity index (χ1) is 9.65. The van der Waals surface area contributed by atoms with Crippen LogP contribution in [0.2, 0.25) is 0 Å². The second kappa shape index (κ2) is 5.47. The summed E-state index contributed by atoms with van der Waals surface area (Å²) in [5, 5.41) is 1.02. The first-order valence-electron chi connectivity index (χ1n) is 6.73. The van der Waals surface area contributed by atoms with E-state index < -0.39 is 10.2 Å². The lowest BCUT2D eigenvalue weighted by atomic mass is 10.2. The number of aromatic nitrogens is 1. The molecule has 1 aliphatic rings. The van der Waals surface area contributed by atoms with Crippen LogP contribution in [0.25, 0.3) is 10.9 Å². The van der Waals surface area contributed by atoms with Gasteiger partial charge in [0.1, 0.15) is 0 Å². The molecule has 2 heterocycles. The van der Waals surface area contributed by atoms with Crippen LogP contribution in [0, 0.1) is 0 Å². The van der Waals surface area contributed by atoms with Gasteiger partial charge in [0.15, 0.2) is 0 Å². The van der Waals surface area contributed by atoms with Gasteiger partial charge in [0.05, 0.1) is 5.52 Å². The van der Waals surface area contributed by atoms with Crippen molar-refractivity contribution in [2.45, 2.75) is 19.4 Å². The van der Waals surface area contributed by atoms with E-state index in [0.717, 1.165) is 29.3 Å². The van der Waals surface area contributed by atoms with Gasteiger partial charge in [-0.25, -0.2) is 0 Å². The molecule has 1 N–H and O–H groups in total. The van der Waals surface area contributed by atoms with E-state index in [-0.39, 0.29) is 6.54 Å². The normalized spacial score (nSPS) is 16.8. The number of hydrogen-bond donors (Lipinski definition) is 1. The first-order valence-corrected chi connectivity index (χ1v) is 8.17. The fourth-order valence-corrected chi connectivity index (χ4v) is 3.68. The Labute approximate surface area is 118 Å².